The molecule has 0 spiro atoms. The van der Waals surface area contributed by atoms with Crippen LogP contribution in [0.2, 0.25) is 0 Å². The first-order valence-corrected chi connectivity index (χ1v) is 7.39. The molecule has 2 rings (SSSR count). The smallest absolute Gasteiger partial charge is 0.248 e. The van der Waals surface area contributed by atoms with Gasteiger partial charge in [-0.15, -0.1) is 11.8 Å². The third-order valence-corrected chi connectivity index (χ3v) is 3.52. The molecule has 0 unspecified atom stereocenters. The number of hydrogen-bond acceptors (Lipinski definition) is 3. The molecule has 2 aromatic rings. The van der Waals surface area contributed by atoms with Crippen molar-refractivity contribution < 1.29 is 4.79 Å². The summed E-state index contributed by atoms with van der Waals surface area (Å²) in [4.78, 5) is 12.9. The topological polar surface area (TPSA) is 55.1 Å². The number of nitrogens with two attached hydrogens (primary N) is 1. The highest BCUT2D eigenvalue weighted by Gasteiger charge is 2.02. The Hall–Kier alpha value is -2.20. The SMILES string of the molecule is CSc1ccccc1NC(=O)/C=C/c1ccc(N)cc1. The lowest BCUT2D eigenvalue weighted by Crippen LogP contribution is -2.08. The fourth-order valence-corrected chi connectivity index (χ4v) is 2.25. The standard InChI is InChI=1S/C16H16N2OS/c1-20-15-5-3-2-4-14(15)18-16(19)11-8-12-6-9-13(17)10-7-12/h2-11H,17H2,1H3,(H,18,19)/b11-8+. The minimum atomic E-state index is -0.150. The quantitative estimate of drug-likeness (QED) is 0.512. The molecule has 20 heavy (non-hydrogen) atoms. The summed E-state index contributed by atoms with van der Waals surface area (Å²) >= 11 is 1.60. The van der Waals surface area contributed by atoms with Crippen LogP contribution >= 0.6 is 11.8 Å². The molecule has 4 heteroatoms. The number of carbonyl (C=O) groups excluding carboxylic acids is 1. The summed E-state index contributed by atoms with van der Waals surface area (Å²) in [6.45, 7) is 0. The summed E-state index contributed by atoms with van der Waals surface area (Å²) in [6, 6.07) is 15.1. The van der Waals surface area contributed by atoms with Gasteiger partial charge in [-0.2, -0.15) is 0 Å². The zero-order chi connectivity index (χ0) is 14.4. The summed E-state index contributed by atoms with van der Waals surface area (Å²) in [5, 5.41) is 2.87. The van der Waals surface area contributed by atoms with Gasteiger partial charge in [-0.05, 0) is 42.2 Å². The van der Waals surface area contributed by atoms with Crippen molar-refractivity contribution in [2.45, 2.75) is 4.90 Å². The van der Waals surface area contributed by atoms with Gasteiger partial charge in [0.05, 0.1) is 5.69 Å². The molecule has 1 amide bonds. The summed E-state index contributed by atoms with van der Waals surface area (Å²) in [5.41, 5.74) is 8.08. The molecule has 0 fully saturated rings. The van der Waals surface area contributed by atoms with E-state index >= 15 is 0 Å². The van der Waals surface area contributed by atoms with E-state index in [9.17, 15) is 4.79 Å². The van der Waals surface area contributed by atoms with Crippen LogP contribution in [-0.2, 0) is 4.79 Å². The van der Waals surface area contributed by atoms with Crippen molar-refractivity contribution in [1.82, 2.24) is 0 Å². The van der Waals surface area contributed by atoms with Crippen LogP contribution in [0.25, 0.3) is 6.08 Å². The van der Waals surface area contributed by atoms with Crippen LogP contribution in [0.1, 0.15) is 5.56 Å². The van der Waals surface area contributed by atoms with Crippen molar-refractivity contribution in [2.24, 2.45) is 0 Å². The van der Waals surface area contributed by atoms with Gasteiger partial charge >= 0.3 is 0 Å². The van der Waals surface area contributed by atoms with Crippen LogP contribution < -0.4 is 11.1 Å². The molecule has 102 valence electrons. The van der Waals surface area contributed by atoms with Gasteiger partial charge in [0.1, 0.15) is 0 Å². The first-order valence-electron chi connectivity index (χ1n) is 6.16. The van der Waals surface area contributed by atoms with Crippen LogP contribution in [0, 0.1) is 0 Å². The van der Waals surface area contributed by atoms with Gasteiger partial charge < -0.3 is 11.1 Å². The molecule has 0 saturated carbocycles. The summed E-state index contributed by atoms with van der Waals surface area (Å²) in [6.07, 6.45) is 5.26. The van der Waals surface area contributed by atoms with E-state index in [0.29, 0.717) is 5.69 Å². The minimum absolute atomic E-state index is 0.150. The Balaban J connectivity index is 2.03. The Kier molecular flexibility index (Phi) is 4.85. The minimum Gasteiger partial charge on any atom is -0.399 e. The van der Waals surface area contributed by atoms with Crippen LogP contribution in [0.4, 0.5) is 11.4 Å². The van der Waals surface area contributed by atoms with Crippen LogP contribution in [-0.4, -0.2) is 12.2 Å². The van der Waals surface area contributed by atoms with Gasteiger partial charge in [0.15, 0.2) is 0 Å². The summed E-state index contributed by atoms with van der Waals surface area (Å²) < 4.78 is 0. The summed E-state index contributed by atoms with van der Waals surface area (Å²) in [5.74, 6) is -0.150. The normalized spacial score (nSPS) is 10.7. The van der Waals surface area contributed by atoms with Crippen LogP contribution in [0.3, 0.4) is 0 Å². The zero-order valence-corrected chi connectivity index (χ0v) is 12.0. The largest absolute Gasteiger partial charge is 0.399 e. The molecule has 0 saturated heterocycles. The molecule has 2 aromatic carbocycles. The molecular weight excluding hydrogens is 268 g/mol. The Labute approximate surface area is 122 Å². The third-order valence-electron chi connectivity index (χ3n) is 2.73. The van der Waals surface area contributed by atoms with E-state index in [1.165, 1.54) is 6.08 Å². The lowest BCUT2D eigenvalue weighted by Gasteiger charge is -2.06. The van der Waals surface area contributed by atoms with Crippen LogP contribution in [0.5, 0.6) is 0 Å². The lowest BCUT2D eigenvalue weighted by atomic mass is 10.2. The highest BCUT2D eigenvalue weighted by molar-refractivity contribution is 7.98. The van der Waals surface area contributed by atoms with Gasteiger partial charge in [0.2, 0.25) is 5.91 Å². The molecule has 3 nitrogen and oxygen atoms in total. The second-order valence-electron chi connectivity index (χ2n) is 4.19. The maximum atomic E-state index is 11.9. The number of nitrogen functional groups attached to an aromatic ring is 1. The van der Waals surface area contributed by atoms with Crippen molar-refractivity contribution >= 4 is 35.1 Å². The lowest BCUT2D eigenvalue weighted by molar-refractivity contribution is -0.111. The number of anilines is 2. The van der Waals surface area contributed by atoms with Gasteiger partial charge in [-0.3, -0.25) is 4.79 Å². The van der Waals surface area contributed by atoms with Crippen LogP contribution in [0.15, 0.2) is 59.5 Å². The number of amides is 1. The Bertz CT molecular complexity index is 621. The molecule has 0 aliphatic rings. The average Bonchev–Trinajstić information content (AvgIpc) is 2.47. The first-order chi connectivity index (χ1) is 9.69. The summed E-state index contributed by atoms with van der Waals surface area (Å²) in [7, 11) is 0. The second-order valence-corrected chi connectivity index (χ2v) is 5.04. The van der Waals surface area contributed by atoms with Crippen molar-refractivity contribution in [3.05, 3.63) is 60.2 Å². The maximum Gasteiger partial charge on any atom is 0.248 e. The molecule has 0 radical (unpaired) electrons. The van der Waals surface area contributed by atoms with Crippen molar-refractivity contribution in [2.75, 3.05) is 17.3 Å². The number of hydrogen-bond donors (Lipinski definition) is 2. The van der Waals surface area contributed by atoms with Crippen molar-refractivity contribution in [3.8, 4) is 0 Å². The third kappa shape index (κ3) is 3.90. The monoisotopic (exact) mass is 284 g/mol. The van der Waals surface area contributed by atoms with E-state index in [4.69, 9.17) is 5.73 Å². The highest BCUT2D eigenvalue weighted by atomic mass is 32.2. The fourth-order valence-electron chi connectivity index (χ4n) is 1.70. The molecule has 0 aromatic heterocycles. The van der Waals surface area contributed by atoms with E-state index in [1.807, 2.05) is 42.7 Å². The average molecular weight is 284 g/mol. The predicted molar refractivity (Wildman–Crippen MR) is 86.7 cm³/mol. The molecule has 3 N–H and O–H groups in total. The number of para-hydroxylation sites is 1. The van der Waals surface area contributed by atoms with Gasteiger partial charge in [-0.25, -0.2) is 0 Å². The Morgan fingerprint density at radius 2 is 1.85 bits per heavy atom. The number of nitrogens with one attached hydrogen (secondary N) is 1. The van der Waals surface area contributed by atoms with E-state index in [0.717, 1.165) is 16.1 Å². The molecule has 0 bridgehead atoms. The second kappa shape index (κ2) is 6.82. The van der Waals surface area contributed by atoms with Crippen molar-refractivity contribution in [3.63, 3.8) is 0 Å². The molecular formula is C16H16N2OS. The van der Waals surface area contributed by atoms with Crippen molar-refractivity contribution in [1.29, 1.82) is 0 Å². The molecule has 0 aliphatic carbocycles. The van der Waals surface area contributed by atoms with E-state index in [-0.39, 0.29) is 5.91 Å². The molecule has 0 aliphatic heterocycles. The van der Waals surface area contributed by atoms with Gasteiger partial charge in [0.25, 0.3) is 0 Å². The number of thioether (sulfide) groups is 1. The Morgan fingerprint density at radius 1 is 1.15 bits per heavy atom. The molecule has 0 heterocycles. The maximum absolute atomic E-state index is 11.9. The van der Waals surface area contributed by atoms with Gasteiger partial charge in [-0.1, -0.05) is 24.3 Å². The predicted octanol–water partition coefficient (Wildman–Crippen LogP) is 3.64. The number of benzene rings is 2. The highest BCUT2D eigenvalue weighted by Crippen LogP contribution is 2.24. The molecule has 0 atom stereocenters. The van der Waals surface area contributed by atoms with E-state index in [1.54, 1.807) is 30.0 Å². The Morgan fingerprint density at radius 3 is 2.55 bits per heavy atom. The van der Waals surface area contributed by atoms with E-state index in [2.05, 4.69) is 5.32 Å². The zero-order valence-electron chi connectivity index (χ0n) is 11.2. The fraction of sp³-hybridized carbons (Fsp3) is 0.0625. The van der Waals surface area contributed by atoms with E-state index < -0.39 is 0 Å². The number of rotatable bonds is 4. The first kappa shape index (κ1) is 14.2. The number of carbonyl (C=O) groups is 1. The van der Waals surface area contributed by atoms with Gasteiger partial charge in [0, 0.05) is 16.7 Å².